The van der Waals surface area contributed by atoms with Gasteiger partial charge in [0.15, 0.2) is 0 Å². The Kier molecular flexibility index (Phi) is 10.0. The minimum Gasteiger partial charge on any atom is -0.135 e. The lowest BCUT2D eigenvalue weighted by Gasteiger charge is -2.12. The van der Waals surface area contributed by atoms with Crippen LogP contribution in [0, 0.1) is 0 Å². The average molecular weight is 899 g/mol. The first-order valence-electron chi connectivity index (χ1n) is 23.2. The monoisotopic (exact) mass is 898 g/mol. The van der Waals surface area contributed by atoms with E-state index in [1.165, 1.54) is 129 Å². The lowest BCUT2D eigenvalue weighted by atomic mass is 9.93. The van der Waals surface area contributed by atoms with Crippen molar-refractivity contribution in [2.24, 2.45) is 0 Å². The Balaban J connectivity index is 0.759. The Labute approximate surface area is 404 Å². The molecule has 11 aromatic carbocycles. The zero-order valence-corrected chi connectivity index (χ0v) is 38.7. The normalized spacial score (nSPS) is 11.5. The second-order valence-corrected chi connectivity index (χ2v) is 19.9. The zero-order chi connectivity index (χ0) is 45.0. The van der Waals surface area contributed by atoms with Gasteiger partial charge in [0.1, 0.15) is 0 Å². The second-order valence-electron chi connectivity index (χ2n) is 17.7. The van der Waals surface area contributed by atoms with E-state index in [0.717, 1.165) is 0 Å². The first kappa shape index (κ1) is 40.2. The fraction of sp³-hybridized carbons (Fsp3) is 0. The summed E-state index contributed by atoms with van der Waals surface area (Å²) in [7, 11) is 0. The molecule has 0 unspecified atom stereocenters. The van der Waals surface area contributed by atoms with Crippen LogP contribution in [0.4, 0.5) is 0 Å². The first-order chi connectivity index (χ1) is 33.6. The molecule has 0 nitrogen and oxygen atoms in total. The van der Waals surface area contributed by atoms with Crippen molar-refractivity contribution < 1.29 is 0 Å². The minimum atomic E-state index is 1.20. The highest BCUT2D eigenvalue weighted by Gasteiger charge is 2.12. The number of rotatable bonds is 8. The summed E-state index contributed by atoms with van der Waals surface area (Å²) in [6, 6.07) is 93.9. The molecule has 0 spiro atoms. The summed E-state index contributed by atoms with van der Waals surface area (Å²) in [5.74, 6) is 0. The van der Waals surface area contributed by atoms with Gasteiger partial charge >= 0.3 is 0 Å². The summed E-state index contributed by atoms with van der Waals surface area (Å²) in [5, 5.41) is 5.31. The van der Waals surface area contributed by atoms with Gasteiger partial charge in [0, 0.05) is 40.3 Å². The van der Waals surface area contributed by atoms with Crippen LogP contribution in [0.25, 0.3) is 129 Å². The van der Waals surface area contributed by atoms with Gasteiger partial charge in [0.25, 0.3) is 0 Å². The van der Waals surface area contributed by atoms with Crippen molar-refractivity contribution in [2.75, 3.05) is 0 Å². The van der Waals surface area contributed by atoms with E-state index in [1.807, 2.05) is 22.7 Å². The molecule has 0 aliphatic rings. The Hall–Kier alpha value is -8.14. The van der Waals surface area contributed by atoms with E-state index in [-0.39, 0.29) is 0 Å². The number of hydrogen-bond acceptors (Lipinski definition) is 2. The molecule has 0 saturated carbocycles. The van der Waals surface area contributed by atoms with Crippen LogP contribution in [0.5, 0.6) is 0 Å². The lowest BCUT2D eigenvalue weighted by Crippen LogP contribution is -1.86. The van der Waals surface area contributed by atoms with Gasteiger partial charge in [0.2, 0.25) is 0 Å². The topological polar surface area (TPSA) is 0 Å². The molecule has 0 saturated heterocycles. The summed E-state index contributed by atoms with van der Waals surface area (Å²) in [5.41, 5.74) is 19.4. The highest BCUT2D eigenvalue weighted by Crippen LogP contribution is 2.40. The van der Waals surface area contributed by atoms with Gasteiger partial charge in [-0.3, -0.25) is 0 Å². The lowest BCUT2D eigenvalue weighted by molar-refractivity contribution is 1.55. The molecule has 318 valence electrons. The van der Waals surface area contributed by atoms with Crippen LogP contribution < -0.4 is 0 Å². The van der Waals surface area contributed by atoms with Crippen LogP contribution >= 0.6 is 22.7 Å². The van der Waals surface area contributed by atoms with Gasteiger partial charge in [-0.15, -0.1) is 22.7 Å². The SMILES string of the molecule is c1cc(-c2cccc(-c3cccc(-c4cccc(-c5ccc6sc7ccccc7c6c5)c4)c3)c2)cc(-c2cccc(-c3cccc(-c4cccc(-c5ccc6sc7ccccc7c6c5)c4)c3)c2)c1. The van der Waals surface area contributed by atoms with Gasteiger partial charge in [-0.1, -0.05) is 176 Å². The van der Waals surface area contributed by atoms with Crippen LogP contribution in [-0.4, -0.2) is 0 Å². The number of hydrogen-bond donors (Lipinski definition) is 0. The molecular weight excluding hydrogens is 857 g/mol. The van der Waals surface area contributed by atoms with Gasteiger partial charge in [-0.05, 0) is 168 Å². The molecule has 0 N–H and O–H groups in total. The predicted octanol–water partition coefficient (Wildman–Crippen LogP) is 19.8. The Morgan fingerprint density at radius 2 is 0.353 bits per heavy atom. The zero-order valence-electron chi connectivity index (χ0n) is 37.1. The molecule has 2 aromatic heterocycles. The Morgan fingerprint density at radius 1 is 0.147 bits per heavy atom. The van der Waals surface area contributed by atoms with Crippen molar-refractivity contribution >= 4 is 63.0 Å². The third kappa shape index (κ3) is 7.51. The van der Waals surface area contributed by atoms with Crippen molar-refractivity contribution in [3.8, 4) is 89.0 Å². The van der Waals surface area contributed by atoms with E-state index in [9.17, 15) is 0 Å². The van der Waals surface area contributed by atoms with Crippen LogP contribution in [0.2, 0.25) is 0 Å². The molecule has 0 aliphatic carbocycles. The summed E-state index contributed by atoms with van der Waals surface area (Å²) < 4.78 is 5.33. The van der Waals surface area contributed by atoms with Crippen LogP contribution in [-0.2, 0) is 0 Å². The van der Waals surface area contributed by atoms with E-state index < -0.39 is 0 Å². The third-order valence-corrected chi connectivity index (χ3v) is 15.8. The molecule has 0 amide bonds. The predicted molar refractivity (Wildman–Crippen MR) is 296 cm³/mol. The second kappa shape index (κ2) is 16.9. The molecule has 0 bridgehead atoms. The van der Waals surface area contributed by atoms with Crippen LogP contribution in [0.3, 0.4) is 0 Å². The van der Waals surface area contributed by atoms with E-state index in [2.05, 4.69) is 255 Å². The average Bonchev–Trinajstić information content (AvgIpc) is 3.99. The number of benzene rings is 11. The smallest absolute Gasteiger partial charge is 0.0355 e. The summed E-state index contributed by atoms with van der Waals surface area (Å²) in [6.45, 7) is 0. The van der Waals surface area contributed by atoms with Gasteiger partial charge in [-0.2, -0.15) is 0 Å². The summed E-state index contributed by atoms with van der Waals surface area (Å²) in [6.07, 6.45) is 0. The van der Waals surface area contributed by atoms with Crippen molar-refractivity contribution in [3.05, 3.63) is 255 Å². The molecule has 0 atom stereocenters. The summed E-state index contributed by atoms with van der Waals surface area (Å²) in [4.78, 5) is 0. The highest BCUT2D eigenvalue weighted by atomic mass is 32.1. The maximum Gasteiger partial charge on any atom is 0.0355 e. The van der Waals surface area contributed by atoms with E-state index >= 15 is 0 Å². The third-order valence-electron chi connectivity index (χ3n) is 13.5. The van der Waals surface area contributed by atoms with E-state index in [0.29, 0.717) is 0 Å². The molecule has 13 aromatic rings. The summed E-state index contributed by atoms with van der Waals surface area (Å²) >= 11 is 3.73. The molecule has 13 rings (SSSR count). The molecule has 0 fully saturated rings. The van der Waals surface area contributed by atoms with Crippen LogP contribution in [0.1, 0.15) is 0 Å². The van der Waals surface area contributed by atoms with Crippen molar-refractivity contribution in [1.29, 1.82) is 0 Å². The van der Waals surface area contributed by atoms with Gasteiger partial charge in [-0.25, -0.2) is 0 Å². The molecular formula is C66H42S2. The number of thiophene rings is 2. The molecule has 0 radical (unpaired) electrons. The quantitative estimate of drug-likeness (QED) is 0.143. The standard InChI is InChI=1S/C66H42S2/c1-3-28-63-59(26-1)61-41-57(30-32-65(61)67-63)55-24-10-22-53(39-55)51-20-8-18-49(37-51)47-16-6-14-45(35-47)43-12-5-13-44(34-43)46-15-7-17-48(36-46)50-19-9-21-52(38-50)54-23-11-25-56(40-54)58-31-33-66-62(42-58)60-27-2-4-29-64(60)68-66/h1-42H. The van der Waals surface area contributed by atoms with Crippen molar-refractivity contribution in [1.82, 2.24) is 0 Å². The maximum absolute atomic E-state index is 2.36. The fourth-order valence-electron chi connectivity index (χ4n) is 9.96. The molecule has 68 heavy (non-hydrogen) atoms. The van der Waals surface area contributed by atoms with E-state index in [1.54, 1.807) is 0 Å². The fourth-order valence-corrected chi connectivity index (χ4v) is 12.1. The Morgan fingerprint density at radius 3 is 0.603 bits per heavy atom. The highest BCUT2D eigenvalue weighted by molar-refractivity contribution is 7.26. The van der Waals surface area contributed by atoms with Gasteiger partial charge in [0.05, 0.1) is 0 Å². The van der Waals surface area contributed by atoms with Crippen LogP contribution in [0.15, 0.2) is 255 Å². The number of fused-ring (bicyclic) bond motifs is 6. The molecule has 0 aliphatic heterocycles. The first-order valence-corrected chi connectivity index (χ1v) is 24.8. The van der Waals surface area contributed by atoms with Gasteiger partial charge < -0.3 is 0 Å². The van der Waals surface area contributed by atoms with Crippen molar-refractivity contribution in [3.63, 3.8) is 0 Å². The minimum absolute atomic E-state index is 1.20. The largest absolute Gasteiger partial charge is 0.135 e. The maximum atomic E-state index is 2.36. The van der Waals surface area contributed by atoms with Crippen molar-refractivity contribution in [2.45, 2.75) is 0 Å². The molecule has 2 heteroatoms. The molecule has 2 heterocycles. The van der Waals surface area contributed by atoms with E-state index in [4.69, 9.17) is 0 Å². The Bertz CT molecular complexity index is 3790.